The molecule has 0 aliphatic carbocycles. The second-order valence-electron chi connectivity index (χ2n) is 6.29. The van der Waals surface area contributed by atoms with Crippen LogP contribution in [0.25, 0.3) is 0 Å². The van der Waals surface area contributed by atoms with E-state index in [4.69, 9.17) is 0 Å². The Hall–Kier alpha value is -2.77. The quantitative estimate of drug-likeness (QED) is 0.827. The maximum absolute atomic E-state index is 12.9. The molecular formula is C17H22N6O2. The predicted octanol–water partition coefficient (Wildman–Crippen LogP) is 1.44. The van der Waals surface area contributed by atoms with Crippen molar-refractivity contribution in [2.24, 2.45) is 7.05 Å². The summed E-state index contributed by atoms with van der Waals surface area (Å²) in [7, 11) is 3.49. The van der Waals surface area contributed by atoms with E-state index >= 15 is 0 Å². The van der Waals surface area contributed by atoms with Gasteiger partial charge >= 0.3 is 0 Å². The molecule has 25 heavy (non-hydrogen) atoms. The first kappa shape index (κ1) is 17.1. The summed E-state index contributed by atoms with van der Waals surface area (Å²) in [5.74, 6) is 0.279. The average Bonchev–Trinajstić information content (AvgIpc) is 3.22. The minimum atomic E-state index is -0.150. The van der Waals surface area contributed by atoms with E-state index in [2.05, 4.69) is 20.4 Å². The summed E-state index contributed by atoms with van der Waals surface area (Å²) in [5, 5.41) is 6.90. The van der Waals surface area contributed by atoms with Gasteiger partial charge in [-0.15, -0.1) is 0 Å². The normalized spacial score (nSPS) is 16.9. The van der Waals surface area contributed by atoms with Gasteiger partial charge in [-0.3, -0.25) is 14.3 Å². The molecule has 0 saturated carbocycles. The maximum atomic E-state index is 12.9. The standard InChI is InChI=1S/C17H22N6O2/c1-11-7-14(21-17(18-2)20-11)16(25)23-6-4-5-13(23)8-15(24)12-9-19-22(3)10-12/h7,9-10,13H,4-6,8H2,1-3H3,(H,18,20,21). The van der Waals surface area contributed by atoms with Crippen molar-refractivity contribution in [3.8, 4) is 0 Å². The molecule has 2 aromatic rings. The summed E-state index contributed by atoms with van der Waals surface area (Å²) >= 11 is 0. The van der Waals surface area contributed by atoms with Crippen molar-refractivity contribution < 1.29 is 9.59 Å². The Morgan fingerprint density at radius 3 is 2.84 bits per heavy atom. The van der Waals surface area contributed by atoms with Crippen molar-refractivity contribution in [2.45, 2.75) is 32.2 Å². The Bertz CT molecular complexity index is 800. The smallest absolute Gasteiger partial charge is 0.272 e. The van der Waals surface area contributed by atoms with E-state index in [0.717, 1.165) is 18.5 Å². The molecule has 1 saturated heterocycles. The van der Waals surface area contributed by atoms with Crippen LogP contribution in [-0.2, 0) is 7.05 Å². The molecule has 2 aromatic heterocycles. The number of likely N-dealkylation sites (tertiary alicyclic amines) is 1. The molecular weight excluding hydrogens is 320 g/mol. The summed E-state index contributed by atoms with van der Waals surface area (Å²) < 4.78 is 1.60. The monoisotopic (exact) mass is 342 g/mol. The lowest BCUT2D eigenvalue weighted by atomic mass is 10.0. The molecule has 0 aromatic carbocycles. The molecule has 8 heteroatoms. The van der Waals surface area contributed by atoms with Gasteiger partial charge in [-0.2, -0.15) is 5.10 Å². The Morgan fingerprint density at radius 2 is 2.16 bits per heavy atom. The van der Waals surface area contributed by atoms with Crippen LogP contribution in [0.15, 0.2) is 18.5 Å². The highest BCUT2D eigenvalue weighted by atomic mass is 16.2. The van der Waals surface area contributed by atoms with Crippen LogP contribution in [0.1, 0.15) is 45.8 Å². The first-order valence-corrected chi connectivity index (χ1v) is 8.34. The van der Waals surface area contributed by atoms with Crippen molar-refractivity contribution in [2.75, 3.05) is 18.9 Å². The zero-order chi connectivity index (χ0) is 18.0. The number of hydrogen-bond acceptors (Lipinski definition) is 6. The number of amides is 1. The van der Waals surface area contributed by atoms with E-state index in [1.165, 1.54) is 0 Å². The van der Waals surface area contributed by atoms with E-state index in [-0.39, 0.29) is 17.7 Å². The number of nitrogens with zero attached hydrogens (tertiary/aromatic N) is 5. The highest BCUT2D eigenvalue weighted by Crippen LogP contribution is 2.24. The molecule has 1 N–H and O–H groups in total. The number of nitrogens with one attached hydrogen (secondary N) is 1. The van der Waals surface area contributed by atoms with E-state index in [1.54, 1.807) is 42.1 Å². The van der Waals surface area contributed by atoms with Gasteiger partial charge in [-0.1, -0.05) is 0 Å². The largest absolute Gasteiger partial charge is 0.357 e. The third kappa shape index (κ3) is 3.67. The van der Waals surface area contributed by atoms with Crippen LogP contribution in [-0.4, -0.2) is 56.0 Å². The van der Waals surface area contributed by atoms with Crippen LogP contribution in [0.2, 0.25) is 0 Å². The number of rotatable bonds is 5. The summed E-state index contributed by atoms with van der Waals surface area (Å²) in [6.45, 7) is 2.47. The van der Waals surface area contributed by atoms with Gasteiger partial charge in [0.1, 0.15) is 5.69 Å². The van der Waals surface area contributed by atoms with Crippen LogP contribution in [0, 0.1) is 6.92 Å². The second kappa shape index (κ2) is 7.00. The zero-order valence-corrected chi connectivity index (χ0v) is 14.7. The summed E-state index contributed by atoms with van der Waals surface area (Å²) in [5.41, 5.74) is 1.67. The Kier molecular flexibility index (Phi) is 4.78. The van der Waals surface area contributed by atoms with E-state index in [0.29, 0.717) is 30.2 Å². The molecule has 8 nitrogen and oxygen atoms in total. The number of aryl methyl sites for hydroxylation is 2. The number of ketones is 1. The molecule has 1 aliphatic rings. The lowest BCUT2D eigenvalue weighted by molar-refractivity contribution is 0.0711. The minimum absolute atomic E-state index is 0.00702. The highest BCUT2D eigenvalue weighted by Gasteiger charge is 2.32. The van der Waals surface area contributed by atoms with Gasteiger partial charge < -0.3 is 10.2 Å². The van der Waals surface area contributed by atoms with Gasteiger partial charge in [0.2, 0.25) is 5.95 Å². The minimum Gasteiger partial charge on any atom is -0.357 e. The Balaban J connectivity index is 1.75. The number of hydrogen-bond donors (Lipinski definition) is 1. The molecule has 0 spiro atoms. The van der Waals surface area contributed by atoms with Gasteiger partial charge in [-0.25, -0.2) is 9.97 Å². The SMILES string of the molecule is CNc1nc(C)cc(C(=O)N2CCCC2CC(=O)c2cnn(C)c2)n1. The molecule has 1 fully saturated rings. The van der Waals surface area contributed by atoms with Crippen molar-refractivity contribution >= 4 is 17.6 Å². The van der Waals surface area contributed by atoms with Crippen molar-refractivity contribution in [1.29, 1.82) is 0 Å². The molecule has 132 valence electrons. The van der Waals surface area contributed by atoms with E-state index in [1.807, 2.05) is 6.92 Å². The zero-order valence-electron chi connectivity index (χ0n) is 14.7. The van der Waals surface area contributed by atoms with Gasteiger partial charge in [0.25, 0.3) is 5.91 Å². The molecule has 1 amide bonds. The highest BCUT2D eigenvalue weighted by molar-refractivity contribution is 5.97. The van der Waals surface area contributed by atoms with E-state index < -0.39 is 0 Å². The van der Waals surface area contributed by atoms with Gasteiger partial charge in [0.15, 0.2) is 5.78 Å². The number of carbonyl (C=O) groups is 2. The fourth-order valence-electron chi connectivity index (χ4n) is 3.15. The Labute approximate surface area is 146 Å². The Morgan fingerprint density at radius 1 is 1.36 bits per heavy atom. The molecule has 3 heterocycles. The second-order valence-corrected chi connectivity index (χ2v) is 6.29. The van der Waals surface area contributed by atoms with E-state index in [9.17, 15) is 9.59 Å². The first-order chi connectivity index (χ1) is 12.0. The number of carbonyl (C=O) groups excluding carboxylic acids is 2. The number of anilines is 1. The van der Waals surface area contributed by atoms with Gasteiger partial charge in [0.05, 0.1) is 11.8 Å². The summed E-state index contributed by atoms with van der Waals surface area (Å²) in [6, 6.07) is 1.58. The van der Waals surface area contributed by atoms with Crippen LogP contribution in [0.5, 0.6) is 0 Å². The third-order valence-electron chi connectivity index (χ3n) is 4.38. The fraction of sp³-hybridized carbons (Fsp3) is 0.471. The number of aromatic nitrogens is 4. The van der Waals surface area contributed by atoms with Gasteiger partial charge in [-0.05, 0) is 25.8 Å². The lowest BCUT2D eigenvalue weighted by Crippen LogP contribution is -2.37. The molecule has 3 rings (SSSR count). The van der Waals surface area contributed by atoms with Crippen LogP contribution in [0.4, 0.5) is 5.95 Å². The maximum Gasteiger partial charge on any atom is 0.272 e. The average molecular weight is 342 g/mol. The van der Waals surface area contributed by atoms with Crippen molar-refractivity contribution in [3.63, 3.8) is 0 Å². The van der Waals surface area contributed by atoms with Gasteiger partial charge in [0, 0.05) is 45.0 Å². The molecule has 0 radical (unpaired) electrons. The molecule has 1 atom stereocenters. The first-order valence-electron chi connectivity index (χ1n) is 8.34. The third-order valence-corrected chi connectivity index (χ3v) is 4.38. The van der Waals surface area contributed by atoms with Crippen molar-refractivity contribution in [1.82, 2.24) is 24.6 Å². The topological polar surface area (TPSA) is 93.0 Å². The molecule has 1 aliphatic heterocycles. The number of Topliss-reactive ketones (excluding diaryl/α,β-unsaturated/α-hetero) is 1. The lowest BCUT2D eigenvalue weighted by Gasteiger charge is -2.24. The van der Waals surface area contributed by atoms with Crippen LogP contribution >= 0.6 is 0 Å². The van der Waals surface area contributed by atoms with Crippen LogP contribution < -0.4 is 5.32 Å². The molecule has 0 bridgehead atoms. The molecule has 1 unspecified atom stereocenters. The summed E-state index contributed by atoms with van der Waals surface area (Å²) in [6.07, 6.45) is 5.29. The van der Waals surface area contributed by atoms with Crippen molar-refractivity contribution in [3.05, 3.63) is 35.4 Å². The predicted molar refractivity (Wildman–Crippen MR) is 92.5 cm³/mol. The summed E-state index contributed by atoms with van der Waals surface area (Å²) in [4.78, 5) is 35.6. The fourth-order valence-corrected chi connectivity index (χ4v) is 3.15. The van der Waals surface area contributed by atoms with Crippen LogP contribution in [0.3, 0.4) is 0 Å².